The van der Waals surface area contributed by atoms with E-state index in [0.29, 0.717) is 31.7 Å². The largest absolute Gasteiger partial charge is 0.495 e. The molecule has 1 aliphatic rings. The summed E-state index contributed by atoms with van der Waals surface area (Å²) < 4.78 is 34.3. The highest BCUT2D eigenvalue weighted by Gasteiger charge is 2.26. The molecule has 154 valence electrons. The zero-order valence-electron chi connectivity index (χ0n) is 15.6. The summed E-state index contributed by atoms with van der Waals surface area (Å²) in [6, 6.07) is 9.50. The Kier molecular flexibility index (Phi) is 6.50. The topological polar surface area (TPSA) is 118 Å². The number of hydrogen-bond donors (Lipinski definition) is 2. The highest BCUT2D eigenvalue weighted by molar-refractivity contribution is 7.73. The molecule has 0 spiro atoms. The highest BCUT2D eigenvalue weighted by Crippen LogP contribution is 2.26. The second-order valence-electron chi connectivity index (χ2n) is 6.10. The number of aromatic nitrogens is 1. The van der Waals surface area contributed by atoms with Gasteiger partial charge >= 0.3 is 6.09 Å². The number of anilines is 1. The molecule has 0 radical (unpaired) electrons. The van der Waals surface area contributed by atoms with E-state index in [1.54, 1.807) is 23.1 Å². The molecule has 1 N–H and O–H groups in total. The third-order valence-corrected chi connectivity index (χ3v) is 4.74. The van der Waals surface area contributed by atoms with Gasteiger partial charge in [-0.2, -0.15) is 0 Å². The van der Waals surface area contributed by atoms with Crippen LogP contribution in [0.3, 0.4) is 0 Å². The van der Waals surface area contributed by atoms with Gasteiger partial charge in [0.15, 0.2) is 0 Å². The molecule has 2 heterocycles. The molecule has 29 heavy (non-hydrogen) atoms. The van der Waals surface area contributed by atoms with Crippen LogP contribution in [0.15, 0.2) is 42.6 Å². The predicted molar refractivity (Wildman–Crippen MR) is 105 cm³/mol. The van der Waals surface area contributed by atoms with E-state index in [1.165, 1.54) is 36.4 Å². The molecule has 1 aromatic heterocycles. The van der Waals surface area contributed by atoms with Crippen LogP contribution >= 0.6 is 0 Å². The maximum absolute atomic E-state index is 12.8. The van der Waals surface area contributed by atoms with Crippen molar-refractivity contribution in [2.24, 2.45) is 0 Å². The Hall–Kier alpha value is -3.34. The van der Waals surface area contributed by atoms with Crippen molar-refractivity contribution in [3.63, 3.8) is 0 Å². The fourth-order valence-corrected chi connectivity index (χ4v) is 3.23. The number of nitrogens with zero attached hydrogens (tertiary/aromatic N) is 3. The quantitative estimate of drug-likeness (QED) is 0.693. The van der Waals surface area contributed by atoms with Gasteiger partial charge in [-0.1, -0.05) is 6.07 Å². The summed E-state index contributed by atoms with van der Waals surface area (Å²) in [7, 11) is -1.46. The summed E-state index contributed by atoms with van der Waals surface area (Å²) >= 11 is 0. The smallest absolute Gasteiger partial charge is 0.416 e. The number of ether oxygens (including phenoxy) is 2. The molecule has 0 bridgehead atoms. The zero-order valence-corrected chi connectivity index (χ0v) is 16.5. The Morgan fingerprint density at radius 3 is 2.41 bits per heavy atom. The van der Waals surface area contributed by atoms with E-state index in [2.05, 4.69) is 9.71 Å². The lowest BCUT2D eigenvalue weighted by atomic mass is 10.1. The van der Waals surface area contributed by atoms with Gasteiger partial charge in [-0.3, -0.25) is 9.52 Å². The number of benzene rings is 1. The van der Waals surface area contributed by atoms with Gasteiger partial charge in [0.1, 0.15) is 5.75 Å². The van der Waals surface area contributed by atoms with Crippen LogP contribution in [0.1, 0.15) is 10.4 Å². The minimum absolute atomic E-state index is 0.219. The van der Waals surface area contributed by atoms with Crippen molar-refractivity contribution in [2.45, 2.75) is 0 Å². The van der Waals surface area contributed by atoms with Crippen molar-refractivity contribution in [2.75, 3.05) is 38.0 Å². The van der Waals surface area contributed by atoms with E-state index in [0.717, 1.165) is 0 Å². The third kappa shape index (κ3) is 5.13. The van der Waals surface area contributed by atoms with E-state index < -0.39 is 17.0 Å². The molecular formula is C18H20N4O6S. The summed E-state index contributed by atoms with van der Waals surface area (Å²) in [4.78, 5) is 32.0. The first kappa shape index (κ1) is 20.4. The molecule has 0 aliphatic carbocycles. The van der Waals surface area contributed by atoms with Crippen LogP contribution in [-0.4, -0.2) is 68.5 Å². The normalized spacial score (nSPS) is 13.9. The standard InChI is InChI=1S/C18H20N4O6S/c1-27-15-12-13(5-6-14(15)20-29(25)26)17(23)21-8-10-22(11-9-21)18(24)28-16-4-2-3-7-19-16/h2-7,12,29H,8-11H2,1H3,(H,20,25,26). The van der Waals surface area contributed by atoms with Gasteiger partial charge in [0.2, 0.25) is 16.8 Å². The fourth-order valence-electron chi connectivity index (χ4n) is 2.85. The SMILES string of the molecule is COc1cc(C(=O)N2CCN(C(=O)Oc3ccccn3)CC2)ccc1N[SH](=O)=O. The average molecular weight is 420 g/mol. The Balaban J connectivity index is 1.60. The molecule has 1 aliphatic heterocycles. The number of thiol groups is 1. The second kappa shape index (κ2) is 9.24. The number of nitrogens with one attached hydrogen (secondary N) is 1. The number of rotatable bonds is 5. The molecule has 1 aromatic carbocycles. The first-order chi connectivity index (χ1) is 14.0. The van der Waals surface area contributed by atoms with E-state index in [9.17, 15) is 18.0 Å². The first-order valence-electron chi connectivity index (χ1n) is 8.74. The van der Waals surface area contributed by atoms with Crippen molar-refractivity contribution in [3.8, 4) is 11.6 Å². The lowest BCUT2D eigenvalue weighted by Crippen LogP contribution is -2.51. The molecule has 2 amide bonds. The number of amides is 2. The molecule has 10 nitrogen and oxygen atoms in total. The summed E-state index contributed by atoms with van der Waals surface area (Å²) in [5, 5.41) is 0. The van der Waals surface area contributed by atoms with Crippen LogP contribution < -0.4 is 14.2 Å². The summed E-state index contributed by atoms with van der Waals surface area (Å²) in [6.07, 6.45) is 1.02. The Labute approximate surface area is 169 Å². The highest BCUT2D eigenvalue weighted by atomic mass is 32.2. The molecular weight excluding hydrogens is 400 g/mol. The van der Waals surface area contributed by atoms with Gasteiger partial charge in [-0.15, -0.1) is 0 Å². The number of carbonyl (C=O) groups is 2. The van der Waals surface area contributed by atoms with E-state index in [4.69, 9.17) is 9.47 Å². The van der Waals surface area contributed by atoms with Crippen molar-refractivity contribution < 1.29 is 27.5 Å². The second-order valence-corrected chi connectivity index (χ2v) is 6.84. The number of pyridine rings is 1. The van der Waals surface area contributed by atoms with Crippen LogP contribution in [0, 0.1) is 0 Å². The van der Waals surface area contributed by atoms with E-state index in [1.807, 2.05) is 0 Å². The summed E-state index contributed by atoms with van der Waals surface area (Å²) in [5.74, 6) is 0.225. The lowest BCUT2D eigenvalue weighted by Gasteiger charge is -2.34. The number of carbonyl (C=O) groups excluding carboxylic acids is 2. The molecule has 0 saturated carbocycles. The van der Waals surface area contributed by atoms with Crippen molar-refractivity contribution in [1.82, 2.24) is 14.8 Å². The zero-order chi connectivity index (χ0) is 20.8. The maximum Gasteiger partial charge on any atom is 0.416 e. The van der Waals surface area contributed by atoms with Gasteiger partial charge in [0.25, 0.3) is 5.91 Å². The van der Waals surface area contributed by atoms with Crippen LogP contribution in [0.4, 0.5) is 10.5 Å². The van der Waals surface area contributed by atoms with Crippen LogP contribution in [0.2, 0.25) is 0 Å². The average Bonchev–Trinajstić information content (AvgIpc) is 2.74. The first-order valence-corrected chi connectivity index (χ1v) is 9.92. The van der Waals surface area contributed by atoms with Crippen LogP contribution in [0.25, 0.3) is 0 Å². The fraction of sp³-hybridized carbons (Fsp3) is 0.278. The third-order valence-electron chi connectivity index (χ3n) is 4.31. The van der Waals surface area contributed by atoms with E-state index >= 15 is 0 Å². The van der Waals surface area contributed by atoms with Crippen molar-refractivity contribution in [3.05, 3.63) is 48.2 Å². The van der Waals surface area contributed by atoms with Crippen molar-refractivity contribution >= 4 is 28.6 Å². The molecule has 0 atom stereocenters. The van der Waals surface area contributed by atoms with Crippen LogP contribution in [0.5, 0.6) is 11.6 Å². The minimum Gasteiger partial charge on any atom is -0.495 e. The Morgan fingerprint density at radius 2 is 1.79 bits per heavy atom. The molecule has 11 heteroatoms. The number of hydrogen-bond acceptors (Lipinski definition) is 7. The summed E-state index contributed by atoms with van der Waals surface area (Å²) in [6.45, 7) is 1.32. The van der Waals surface area contributed by atoms with Gasteiger partial charge in [-0.25, -0.2) is 18.2 Å². The minimum atomic E-state index is -2.84. The summed E-state index contributed by atoms with van der Waals surface area (Å²) in [5.41, 5.74) is 0.611. The van der Waals surface area contributed by atoms with Crippen LogP contribution in [-0.2, 0) is 10.9 Å². The Morgan fingerprint density at radius 1 is 1.07 bits per heavy atom. The van der Waals surface area contributed by atoms with Gasteiger partial charge in [0.05, 0.1) is 12.8 Å². The number of methoxy groups -OCH3 is 1. The van der Waals surface area contributed by atoms with Gasteiger partial charge in [-0.05, 0) is 24.3 Å². The van der Waals surface area contributed by atoms with Gasteiger partial charge < -0.3 is 19.3 Å². The number of piperazine rings is 1. The van der Waals surface area contributed by atoms with Gasteiger partial charge in [0, 0.05) is 44.0 Å². The molecule has 3 rings (SSSR count). The van der Waals surface area contributed by atoms with Crippen molar-refractivity contribution in [1.29, 1.82) is 0 Å². The molecule has 0 unspecified atom stereocenters. The monoisotopic (exact) mass is 420 g/mol. The molecule has 1 saturated heterocycles. The van der Waals surface area contributed by atoms with E-state index in [-0.39, 0.29) is 23.2 Å². The molecule has 2 aromatic rings. The lowest BCUT2D eigenvalue weighted by molar-refractivity contribution is 0.0631. The predicted octanol–water partition coefficient (Wildman–Crippen LogP) is 0.985. The maximum atomic E-state index is 12.8. The molecule has 1 fully saturated rings. The Bertz CT molecular complexity index is 950.